The first-order chi connectivity index (χ1) is 9.58. The van der Waals surface area contributed by atoms with Crippen LogP contribution >= 0.6 is 11.3 Å². The number of benzene rings is 1. The third-order valence-corrected chi connectivity index (χ3v) is 4.33. The van der Waals surface area contributed by atoms with E-state index in [0.29, 0.717) is 23.4 Å². The van der Waals surface area contributed by atoms with E-state index >= 15 is 0 Å². The van der Waals surface area contributed by atoms with Gasteiger partial charge in [0.05, 0.1) is 16.1 Å². The van der Waals surface area contributed by atoms with Gasteiger partial charge in [-0.3, -0.25) is 14.5 Å². The molecule has 0 bridgehead atoms. The van der Waals surface area contributed by atoms with Gasteiger partial charge in [-0.15, -0.1) is 11.3 Å². The highest BCUT2D eigenvalue weighted by Crippen LogP contribution is 2.28. The van der Waals surface area contributed by atoms with E-state index in [1.807, 2.05) is 12.3 Å². The minimum absolute atomic E-state index is 0.0227. The van der Waals surface area contributed by atoms with Gasteiger partial charge in [-0.05, 0) is 18.2 Å². The van der Waals surface area contributed by atoms with Crippen LogP contribution in [0.3, 0.4) is 0 Å². The SMILES string of the molecule is CC(CN1C(=O)c2ccc(N)cc2C1=O)c1nccs1. The molecule has 1 aromatic carbocycles. The number of carbonyl (C=O) groups excluding carboxylic acids is 2. The molecule has 2 aromatic rings. The van der Waals surface area contributed by atoms with Gasteiger partial charge in [0.25, 0.3) is 11.8 Å². The van der Waals surface area contributed by atoms with Crippen molar-refractivity contribution in [3.8, 4) is 0 Å². The van der Waals surface area contributed by atoms with Crippen LogP contribution in [0.4, 0.5) is 5.69 Å². The number of rotatable bonds is 3. The molecule has 2 amide bonds. The molecule has 2 heterocycles. The van der Waals surface area contributed by atoms with Gasteiger partial charge >= 0.3 is 0 Å². The smallest absolute Gasteiger partial charge is 0.261 e. The van der Waals surface area contributed by atoms with Crippen LogP contribution < -0.4 is 5.73 Å². The maximum absolute atomic E-state index is 12.3. The van der Waals surface area contributed by atoms with Crippen molar-refractivity contribution < 1.29 is 9.59 Å². The molecule has 0 saturated carbocycles. The van der Waals surface area contributed by atoms with Gasteiger partial charge in [0.2, 0.25) is 0 Å². The largest absolute Gasteiger partial charge is 0.399 e. The van der Waals surface area contributed by atoms with Crippen molar-refractivity contribution in [2.24, 2.45) is 0 Å². The molecule has 1 atom stereocenters. The first kappa shape index (κ1) is 12.8. The van der Waals surface area contributed by atoms with Crippen LogP contribution in [-0.2, 0) is 0 Å². The third-order valence-electron chi connectivity index (χ3n) is 3.32. The van der Waals surface area contributed by atoms with Gasteiger partial charge in [-0.2, -0.15) is 0 Å². The average Bonchev–Trinajstić information content (AvgIpc) is 3.03. The molecule has 0 saturated heterocycles. The Morgan fingerprint density at radius 2 is 2.05 bits per heavy atom. The van der Waals surface area contributed by atoms with E-state index in [-0.39, 0.29) is 17.7 Å². The zero-order valence-electron chi connectivity index (χ0n) is 10.9. The Morgan fingerprint density at radius 3 is 2.75 bits per heavy atom. The van der Waals surface area contributed by atoms with Gasteiger partial charge in [0.15, 0.2) is 0 Å². The van der Waals surface area contributed by atoms with E-state index in [2.05, 4.69) is 4.98 Å². The second-order valence-corrected chi connectivity index (χ2v) is 5.72. The molecule has 6 heteroatoms. The number of fused-ring (bicyclic) bond motifs is 1. The summed E-state index contributed by atoms with van der Waals surface area (Å²) < 4.78 is 0. The minimum atomic E-state index is -0.277. The summed E-state index contributed by atoms with van der Waals surface area (Å²) in [6, 6.07) is 4.81. The Bertz CT molecular complexity index is 682. The van der Waals surface area contributed by atoms with Crippen LogP contribution in [0, 0.1) is 0 Å². The van der Waals surface area contributed by atoms with Crippen LogP contribution in [0.1, 0.15) is 38.6 Å². The van der Waals surface area contributed by atoms with Crippen molar-refractivity contribution in [2.45, 2.75) is 12.8 Å². The van der Waals surface area contributed by atoms with Crippen molar-refractivity contribution in [2.75, 3.05) is 12.3 Å². The fourth-order valence-corrected chi connectivity index (χ4v) is 2.99. The average molecular weight is 287 g/mol. The van der Waals surface area contributed by atoms with Gasteiger partial charge in [-0.1, -0.05) is 6.92 Å². The lowest BCUT2D eigenvalue weighted by atomic mass is 10.1. The summed E-state index contributed by atoms with van der Waals surface area (Å²) >= 11 is 1.52. The minimum Gasteiger partial charge on any atom is -0.399 e. The summed E-state index contributed by atoms with van der Waals surface area (Å²) in [4.78, 5) is 30.1. The van der Waals surface area contributed by atoms with E-state index in [1.165, 1.54) is 16.2 Å². The second-order valence-electron chi connectivity index (χ2n) is 4.80. The fourth-order valence-electron chi connectivity index (χ4n) is 2.30. The highest BCUT2D eigenvalue weighted by molar-refractivity contribution is 7.09. The molecule has 1 aromatic heterocycles. The third kappa shape index (κ3) is 1.98. The van der Waals surface area contributed by atoms with Crippen molar-refractivity contribution in [1.82, 2.24) is 9.88 Å². The number of nitrogen functional groups attached to an aromatic ring is 1. The molecule has 0 radical (unpaired) electrons. The number of thiazole rings is 1. The molecule has 1 aliphatic rings. The molecule has 0 spiro atoms. The summed E-state index contributed by atoms with van der Waals surface area (Å²) in [7, 11) is 0. The zero-order chi connectivity index (χ0) is 14.3. The van der Waals surface area contributed by atoms with Crippen molar-refractivity contribution >= 4 is 28.8 Å². The second kappa shape index (κ2) is 4.72. The monoisotopic (exact) mass is 287 g/mol. The Morgan fingerprint density at radius 1 is 1.30 bits per heavy atom. The molecule has 1 aliphatic heterocycles. The number of aromatic nitrogens is 1. The van der Waals surface area contributed by atoms with Gasteiger partial charge < -0.3 is 5.73 Å². The molecule has 1 unspecified atom stereocenters. The predicted molar refractivity (Wildman–Crippen MR) is 76.8 cm³/mol. The normalized spacial score (nSPS) is 15.6. The number of hydrogen-bond donors (Lipinski definition) is 1. The highest BCUT2D eigenvalue weighted by Gasteiger charge is 2.36. The number of hydrogen-bond acceptors (Lipinski definition) is 5. The predicted octanol–water partition coefficient (Wildman–Crippen LogP) is 2.12. The van der Waals surface area contributed by atoms with Crippen LogP contribution in [0.25, 0.3) is 0 Å². The maximum atomic E-state index is 12.3. The quantitative estimate of drug-likeness (QED) is 0.693. The lowest BCUT2D eigenvalue weighted by Gasteiger charge is -2.17. The standard InChI is InChI=1S/C14H13N3O2S/c1-8(12-16-4-5-20-12)7-17-13(18)10-3-2-9(15)6-11(10)14(17)19/h2-6,8H,7,15H2,1H3. The van der Waals surface area contributed by atoms with Crippen LogP contribution in [-0.4, -0.2) is 28.2 Å². The van der Waals surface area contributed by atoms with E-state index in [4.69, 9.17) is 5.73 Å². The molecule has 102 valence electrons. The number of anilines is 1. The Kier molecular flexibility index (Phi) is 3.02. The van der Waals surface area contributed by atoms with Crippen LogP contribution in [0.5, 0.6) is 0 Å². The lowest BCUT2D eigenvalue weighted by Crippen LogP contribution is -2.33. The molecular weight excluding hydrogens is 274 g/mol. The van der Waals surface area contributed by atoms with Crippen molar-refractivity contribution in [3.05, 3.63) is 45.9 Å². The van der Waals surface area contributed by atoms with Gasteiger partial charge in [0.1, 0.15) is 0 Å². The summed E-state index contributed by atoms with van der Waals surface area (Å²) in [5.74, 6) is -0.510. The summed E-state index contributed by atoms with van der Waals surface area (Å²) in [5, 5.41) is 2.80. The Hall–Kier alpha value is -2.21. The number of carbonyl (C=O) groups is 2. The van der Waals surface area contributed by atoms with Crippen LogP contribution in [0.15, 0.2) is 29.8 Å². The number of amides is 2. The number of nitrogens with two attached hydrogens (primary N) is 1. The highest BCUT2D eigenvalue weighted by atomic mass is 32.1. The van der Waals surface area contributed by atoms with E-state index in [0.717, 1.165) is 5.01 Å². The molecule has 2 N–H and O–H groups in total. The molecule has 0 aliphatic carbocycles. The first-order valence-electron chi connectivity index (χ1n) is 6.23. The molecule has 5 nitrogen and oxygen atoms in total. The van der Waals surface area contributed by atoms with Gasteiger partial charge in [0, 0.05) is 29.7 Å². The zero-order valence-corrected chi connectivity index (χ0v) is 11.7. The number of nitrogens with zero attached hydrogens (tertiary/aromatic N) is 2. The van der Waals surface area contributed by atoms with Crippen molar-refractivity contribution in [3.63, 3.8) is 0 Å². The molecular formula is C14H13N3O2S. The Balaban J connectivity index is 1.86. The van der Waals surface area contributed by atoms with E-state index in [1.54, 1.807) is 24.4 Å². The van der Waals surface area contributed by atoms with E-state index < -0.39 is 0 Å². The first-order valence-corrected chi connectivity index (χ1v) is 7.11. The maximum Gasteiger partial charge on any atom is 0.261 e. The molecule has 20 heavy (non-hydrogen) atoms. The summed E-state index contributed by atoms with van der Waals surface area (Å²) in [5.41, 5.74) is 6.97. The van der Waals surface area contributed by atoms with E-state index in [9.17, 15) is 9.59 Å². The lowest BCUT2D eigenvalue weighted by molar-refractivity contribution is 0.0646. The fraction of sp³-hybridized carbons (Fsp3) is 0.214. The topological polar surface area (TPSA) is 76.3 Å². The molecule has 0 fully saturated rings. The summed E-state index contributed by atoms with van der Waals surface area (Å²) in [6.45, 7) is 2.29. The Labute approximate surface area is 120 Å². The van der Waals surface area contributed by atoms with Crippen LogP contribution in [0.2, 0.25) is 0 Å². The molecule has 3 rings (SSSR count). The summed E-state index contributed by atoms with van der Waals surface area (Å²) in [6.07, 6.45) is 1.72. The van der Waals surface area contributed by atoms with Gasteiger partial charge in [-0.25, -0.2) is 4.98 Å². The number of imide groups is 1. The van der Waals surface area contributed by atoms with Crippen molar-refractivity contribution in [1.29, 1.82) is 0 Å².